The van der Waals surface area contributed by atoms with Crippen LogP contribution in [-0.2, 0) is 15.6 Å². The molecular weight excluding hydrogens is 363 g/mol. The van der Waals surface area contributed by atoms with Crippen molar-refractivity contribution in [1.82, 2.24) is 0 Å². The van der Waals surface area contributed by atoms with Crippen LogP contribution < -0.4 is 0 Å². The van der Waals surface area contributed by atoms with Crippen LogP contribution in [0.15, 0.2) is 72.8 Å². The van der Waals surface area contributed by atoms with Gasteiger partial charge in [-0.15, -0.1) is 0 Å². The first kappa shape index (κ1) is 18.0. The van der Waals surface area contributed by atoms with Crippen LogP contribution in [0.25, 0.3) is 0 Å². The molecule has 0 saturated carbocycles. The zero-order valence-electron chi connectivity index (χ0n) is 15.5. The first-order valence-corrected chi connectivity index (χ1v) is 13.0. The van der Waals surface area contributed by atoms with E-state index in [2.05, 4.69) is 93.6 Å². The maximum absolute atomic E-state index is 2.32. The van der Waals surface area contributed by atoms with Gasteiger partial charge in [-0.2, -0.15) is 0 Å². The quantitative estimate of drug-likeness (QED) is 0.470. The molecule has 0 N–H and O–H groups in total. The van der Waals surface area contributed by atoms with Gasteiger partial charge in [0.15, 0.2) is 0 Å². The van der Waals surface area contributed by atoms with E-state index in [1.807, 2.05) is 0 Å². The molecule has 0 aliphatic rings. The molecule has 0 bridgehead atoms. The molecule has 3 aromatic rings. The molecule has 3 rings (SSSR count). The van der Waals surface area contributed by atoms with Crippen LogP contribution in [-0.4, -0.2) is 14.7 Å². The third-order valence-electron chi connectivity index (χ3n) is 4.58. The Balaban J connectivity index is 1.77. The number of hydrogen-bond donors (Lipinski definition) is 0. The number of benzene rings is 3. The van der Waals surface area contributed by atoms with Gasteiger partial charge in [-0.25, -0.2) is 0 Å². The van der Waals surface area contributed by atoms with Crippen LogP contribution >= 0.6 is 0 Å². The fraction of sp³-hybridized carbons (Fsp3) is 0.250. The standard InChI is InChI=1S/C24H27As/c1-19-4-10-22(11-5-19)16-25(17-23-12-6-20(2)7-13-23)18-24-14-8-21(3)9-15-24/h4-15H,16-18H2,1-3H3. The zero-order chi connectivity index (χ0) is 17.6. The van der Waals surface area contributed by atoms with Gasteiger partial charge >= 0.3 is 157 Å². The zero-order valence-corrected chi connectivity index (χ0v) is 17.4. The van der Waals surface area contributed by atoms with Crippen LogP contribution in [0, 0.1) is 20.8 Å². The molecule has 0 saturated heterocycles. The summed E-state index contributed by atoms with van der Waals surface area (Å²) in [6, 6.07) is 27.4. The first-order chi connectivity index (χ1) is 12.1. The molecule has 1 heteroatoms. The summed E-state index contributed by atoms with van der Waals surface area (Å²) < 4.78 is 0. The third-order valence-corrected chi connectivity index (χ3v) is 9.69. The average Bonchev–Trinajstić information content (AvgIpc) is 2.61. The van der Waals surface area contributed by atoms with Crippen molar-refractivity contribution in [2.75, 3.05) is 0 Å². The van der Waals surface area contributed by atoms with E-state index in [0.717, 1.165) is 0 Å². The van der Waals surface area contributed by atoms with E-state index in [-0.39, 0.29) is 0 Å². The van der Waals surface area contributed by atoms with Gasteiger partial charge < -0.3 is 0 Å². The second kappa shape index (κ2) is 8.54. The predicted octanol–water partition coefficient (Wildman–Crippen LogP) is 5.75. The molecule has 0 unspecified atom stereocenters. The van der Waals surface area contributed by atoms with E-state index in [9.17, 15) is 0 Å². The topological polar surface area (TPSA) is 0 Å². The van der Waals surface area contributed by atoms with Crippen molar-refractivity contribution in [1.29, 1.82) is 0 Å². The Labute approximate surface area is 157 Å². The summed E-state index contributed by atoms with van der Waals surface area (Å²) in [5, 5.41) is 3.82. The van der Waals surface area contributed by atoms with Crippen molar-refractivity contribution >= 4 is 14.7 Å². The van der Waals surface area contributed by atoms with Gasteiger partial charge in [0.05, 0.1) is 0 Å². The van der Waals surface area contributed by atoms with Gasteiger partial charge in [-0.1, -0.05) is 0 Å². The Morgan fingerprint density at radius 3 is 0.920 bits per heavy atom. The molecule has 0 heterocycles. The molecular formula is C24H27As. The summed E-state index contributed by atoms with van der Waals surface area (Å²) in [6.45, 7) is 6.49. The van der Waals surface area contributed by atoms with Crippen LogP contribution in [0.4, 0.5) is 0 Å². The fourth-order valence-corrected chi connectivity index (χ4v) is 8.30. The third kappa shape index (κ3) is 5.62. The second-order valence-corrected chi connectivity index (χ2v) is 11.9. The van der Waals surface area contributed by atoms with Crippen LogP contribution in [0.1, 0.15) is 33.4 Å². The Kier molecular flexibility index (Phi) is 6.16. The molecule has 0 atom stereocenters. The van der Waals surface area contributed by atoms with Crippen molar-refractivity contribution in [3.05, 3.63) is 106 Å². The molecule has 0 radical (unpaired) electrons. The van der Waals surface area contributed by atoms with Gasteiger partial charge in [0, 0.05) is 0 Å². The van der Waals surface area contributed by atoms with Crippen molar-refractivity contribution in [3.63, 3.8) is 0 Å². The van der Waals surface area contributed by atoms with E-state index >= 15 is 0 Å². The number of hydrogen-bond acceptors (Lipinski definition) is 0. The molecule has 0 aliphatic carbocycles. The Bertz CT molecular complexity index is 670. The second-order valence-electron chi connectivity index (χ2n) is 7.10. The Morgan fingerprint density at radius 1 is 0.440 bits per heavy atom. The molecule has 0 aliphatic heterocycles. The van der Waals surface area contributed by atoms with Crippen molar-refractivity contribution in [3.8, 4) is 0 Å². The van der Waals surface area contributed by atoms with E-state index < -0.39 is 14.7 Å². The molecule has 128 valence electrons. The summed E-state index contributed by atoms with van der Waals surface area (Å²) >= 11 is -1.04. The average molecular weight is 390 g/mol. The summed E-state index contributed by atoms with van der Waals surface area (Å²) in [6.07, 6.45) is 0. The fourth-order valence-electron chi connectivity index (χ4n) is 3.02. The minimum absolute atomic E-state index is 1.04. The van der Waals surface area contributed by atoms with Crippen LogP contribution in [0.2, 0.25) is 0 Å². The van der Waals surface area contributed by atoms with E-state index in [1.165, 1.54) is 49.0 Å². The molecule has 3 aromatic carbocycles. The SMILES string of the molecule is Cc1ccc(C[As](Cc2ccc(C)cc2)Cc2ccc(C)cc2)cc1. The summed E-state index contributed by atoms with van der Waals surface area (Å²) in [7, 11) is 0. The summed E-state index contributed by atoms with van der Waals surface area (Å²) in [4.78, 5) is 0. The Morgan fingerprint density at radius 2 is 0.680 bits per heavy atom. The van der Waals surface area contributed by atoms with Crippen LogP contribution in [0.3, 0.4) is 0 Å². The van der Waals surface area contributed by atoms with E-state index in [0.29, 0.717) is 0 Å². The van der Waals surface area contributed by atoms with Gasteiger partial charge in [0.1, 0.15) is 0 Å². The summed E-state index contributed by atoms with van der Waals surface area (Å²) in [5.74, 6) is 0. The number of aryl methyl sites for hydroxylation is 3. The molecule has 0 spiro atoms. The van der Waals surface area contributed by atoms with Crippen molar-refractivity contribution in [2.45, 2.75) is 36.4 Å². The number of rotatable bonds is 6. The summed E-state index contributed by atoms with van der Waals surface area (Å²) in [5.41, 5.74) is 8.55. The van der Waals surface area contributed by atoms with Gasteiger partial charge in [0.25, 0.3) is 0 Å². The normalized spacial score (nSPS) is 11.0. The molecule has 0 aromatic heterocycles. The Hall–Kier alpha value is -1.78. The monoisotopic (exact) mass is 390 g/mol. The first-order valence-electron chi connectivity index (χ1n) is 8.97. The molecule has 25 heavy (non-hydrogen) atoms. The van der Waals surface area contributed by atoms with E-state index in [4.69, 9.17) is 0 Å². The van der Waals surface area contributed by atoms with Crippen LogP contribution in [0.5, 0.6) is 0 Å². The van der Waals surface area contributed by atoms with Gasteiger partial charge in [-0.3, -0.25) is 0 Å². The molecule has 0 amide bonds. The minimum atomic E-state index is -1.04. The molecule has 0 fully saturated rings. The van der Waals surface area contributed by atoms with E-state index in [1.54, 1.807) is 0 Å². The van der Waals surface area contributed by atoms with Gasteiger partial charge in [-0.05, 0) is 0 Å². The predicted molar refractivity (Wildman–Crippen MR) is 110 cm³/mol. The van der Waals surface area contributed by atoms with Crippen molar-refractivity contribution in [2.24, 2.45) is 0 Å². The van der Waals surface area contributed by atoms with Gasteiger partial charge in [0.2, 0.25) is 0 Å². The van der Waals surface area contributed by atoms with Crippen molar-refractivity contribution < 1.29 is 0 Å². The maximum atomic E-state index is 2.32. The molecule has 0 nitrogen and oxygen atoms in total.